The fraction of sp³-hybridized carbons (Fsp3) is 0.385. The molecular formula is C13H16O5. The van der Waals surface area contributed by atoms with E-state index in [0.29, 0.717) is 5.75 Å². The number of esters is 1. The van der Waals surface area contributed by atoms with E-state index in [-0.39, 0.29) is 12.2 Å². The summed E-state index contributed by atoms with van der Waals surface area (Å²) < 4.78 is 10.2. The number of rotatable bonds is 4. The van der Waals surface area contributed by atoms with Crippen molar-refractivity contribution in [1.82, 2.24) is 0 Å². The smallest absolute Gasteiger partial charge is 0.337 e. The lowest BCUT2D eigenvalue weighted by molar-refractivity contribution is -0.144. The zero-order chi connectivity index (χ0) is 13.8. The lowest BCUT2D eigenvalue weighted by Crippen LogP contribution is -2.26. The molecule has 0 aliphatic carbocycles. The molecule has 0 aliphatic heterocycles. The van der Waals surface area contributed by atoms with Gasteiger partial charge in [0, 0.05) is 0 Å². The Morgan fingerprint density at radius 2 is 1.72 bits per heavy atom. The minimum absolute atomic E-state index is 0.140. The molecule has 0 atom stereocenters. The van der Waals surface area contributed by atoms with Crippen LogP contribution in [0, 0.1) is 0 Å². The highest BCUT2D eigenvalue weighted by Gasteiger charge is 2.14. The topological polar surface area (TPSA) is 72.8 Å². The Morgan fingerprint density at radius 1 is 1.17 bits per heavy atom. The van der Waals surface area contributed by atoms with Crippen LogP contribution in [0.1, 0.15) is 31.1 Å². The van der Waals surface area contributed by atoms with E-state index >= 15 is 0 Å². The number of ether oxygens (including phenoxy) is 2. The average molecular weight is 252 g/mol. The van der Waals surface area contributed by atoms with E-state index in [9.17, 15) is 9.59 Å². The highest BCUT2D eigenvalue weighted by Crippen LogP contribution is 2.13. The molecule has 0 fully saturated rings. The maximum absolute atomic E-state index is 11.4. The van der Waals surface area contributed by atoms with Gasteiger partial charge in [0.2, 0.25) is 0 Å². The van der Waals surface area contributed by atoms with E-state index in [0.717, 1.165) is 0 Å². The van der Waals surface area contributed by atoms with E-state index in [1.165, 1.54) is 24.3 Å². The molecule has 0 aliphatic rings. The second kappa shape index (κ2) is 5.64. The fourth-order valence-electron chi connectivity index (χ4n) is 1.10. The molecule has 0 amide bonds. The molecule has 1 aromatic rings. The van der Waals surface area contributed by atoms with Crippen molar-refractivity contribution in [3.05, 3.63) is 29.8 Å². The van der Waals surface area contributed by atoms with Gasteiger partial charge in [-0.1, -0.05) is 0 Å². The summed E-state index contributed by atoms with van der Waals surface area (Å²) >= 11 is 0. The summed E-state index contributed by atoms with van der Waals surface area (Å²) in [5.41, 5.74) is -0.271. The maximum Gasteiger partial charge on any atom is 0.337 e. The zero-order valence-electron chi connectivity index (χ0n) is 10.6. The molecule has 0 aromatic heterocycles. The minimum Gasteiger partial charge on any atom is -0.478 e. The summed E-state index contributed by atoms with van der Waals surface area (Å²) in [6.45, 7) is 5.36. The van der Waals surface area contributed by atoms with Crippen LogP contribution in [-0.4, -0.2) is 29.3 Å². The molecule has 1 rings (SSSR count). The van der Waals surface area contributed by atoms with Crippen molar-refractivity contribution in [2.24, 2.45) is 0 Å². The average Bonchev–Trinajstić information content (AvgIpc) is 2.26. The van der Waals surface area contributed by atoms with E-state index < -0.39 is 17.5 Å². The van der Waals surface area contributed by atoms with Crippen LogP contribution in [-0.2, 0) is 9.53 Å². The van der Waals surface area contributed by atoms with Crippen LogP contribution in [0.15, 0.2) is 24.3 Å². The third-order valence-electron chi connectivity index (χ3n) is 1.96. The predicted octanol–water partition coefficient (Wildman–Crippen LogP) is 2.11. The quantitative estimate of drug-likeness (QED) is 0.656. The molecule has 0 unspecified atom stereocenters. The van der Waals surface area contributed by atoms with Gasteiger partial charge in [0.1, 0.15) is 12.4 Å². The lowest BCUT2D eigenvalue weighted by atomic mass is 10.2. The Kier molecular flexibility index (Phi) is 4.44. The van der Waals surface area contributed by atoms with Crippen molar-refractivity contribution in [3.63, 3.8) is 0 Å². The van der Waals surface area contributed by atoms with Gasteiger partial charge in [-0.15, -0.1) is 0 Å². The van der Waals surface area contributed by atoms with Crippen LogP contribution in [0.3, 0.4) is 0 Å². The van der Waals surface area contributed by atoms with Gasteiger partial charge in [0.05, 0.1) is 11.2 Å². The number of hydrogen-bond donors (Lipinski definition) is 1. The third-order valence-corrected chi connectivity index (χ3v) is 1.96. The first-order valence-electron chi connectivity index (χ1n) is 5.46. The van der Waals surface area contributed by atoms with Gasteiger partial charge in [-0.3, -0.25) is 0 Å². The SMILES string of the molecule is CC(C)(C)OCC(=O)Oc1ccc(C(=O)O)cc1. The highest BCUT2D eigenvalue weighted by molar-refractivity contribution is 5.87. The summed E-state index contributed by atoms with van der Waals surface area (Å²) in [5, 5.41) is 8.70. The number of hydrogen-bond acceptors (Lipinski definition) is 4. The summed E-state index contributed by atoms with van der Waals surface area (Å²) in [7, 11) is 0. The van der Waals surface area contributed by atoms with Crippen LogP contribution >= 0.6 is 0 Å². The number of carboxylic acids is 1. The second-order valence-corrected chi connectivity index (χ2v) is 4.70. The Hall–Kier alpha value is -1.88. The largest absolute Gasteiger partial charge is 0.478 e. The molecule has 18 heavy (non-hydrogen) atoms. The van der Waals surface area contributed by atoms with Gasteiger partial charge in [-0.2, -0.15) is 0 Å². The number of aromatic carboxylic acids is 1. The van der Waals surface area contributed by atoms with Crippen molar-refractivity contribution in [3.8, 4) is 5.75 Å². The van der Waals surface area contributed by atoms with Gasteiger partial charge in [0.15, 0.2) is 0 Å². The van der Waals surface area contributed by atoms with Gasteiger partial charge < -0.3 is 14.6 Å². The molecular weight excluding hydrogens is 236 g/mol. The van der Waals surface area contributed by atoms with Crippen molar-refractivity contribution in [1.29, 1.82) is 0 Å². The first-order valence-corrected chi connectivity index (χ1v) is 5.46. The number of benzene rings is 1. The van der Waals surface area contributed by atoms with Gasteiger partial charge >= 0.3 is 11.9 Å². The van der Waals surface area contributed by atoms with Gasteiger partial charge in [-0.25, -0.2) is 9.59 Å². The summed E-state index contributed by atoms with van der Waals surface area (Å²) in [6, 6.07) is 5.60. The van der Waals surface area contributed by atoms with Crippen molar-refractivity contribution >= 4 is 11.9 Å². The van der Waals surface area contributed by atoms with Crippen molar-refractivity contribution < 1.29 is 24.2 Å². The van der Waals surface area contributed by atoms with Crippen LogP contribution in [0.5, 0.6) is 5.75 Å². The zero-order valence-corrected chi connectivity index (χ0v) is 10.6. The Balaban J connectivity index is 2.52. The molecule has 0 heterocycles. The Bertz CT molecular complexity index is 428. The molecule has 0 saturated heterocycles. The van der Waals surface area contributed by atoms with Gasteiger partial charge in [0.25, 0.3) is 0 Å². The molecule has 0 bridgehead atoms. The van der Waals surface area contributed by atoms with E-state index in [1.54, 1.807) is 0 Å². The van der Waals surface area contributed by atoms with E-state index in [2.05, 4.69) is 0 Å². The van der Waals surface area contributed by atoms with Crippen molar-refractivity contribution in [2.45, 2.75) is 26.4 Å². The van der Waals surface area contributed by atoms with Crippen LogP contribution in [0.25, 0.3) is 0 Å². The van der Waals surface area contributed by atoms with E-state index in [4.69, 9.17) is 14.6 Å². The number of carboxylic acid groups (broad SMARTS) is 1. The van der Waals surface area contributed by atoms with Crippen LogP contribution in [0.4, 0.5) is 0 Å². The van der Waals surface area contributed by atoms with Crippen LogP contribution < -0.4 is 4.74 Å². The van der Waals surface area contributed by atoms with Gasteiger partial charge in [-0.05, 0) is 45.0 Å². The maximum atomic E-state index is 11.4. The first kappa shape index (κ1) is 14.2. The first-order chi connectivity index (χ1) is 8.28. The number of carbonyl (C=O) groups is 2. The second-order valence-electron chi connectivity index (χ2n) is 4.70. The molecule has 0 spiro atoms. The third kappa shape index (κ3) is 4.97. The Labute approximate surface area is 105 Å². The van der Waals surface area contributed by atoms with Crippen LogP contribution in [0.2, 0.25) is 0 Å². The highest BCUT2D eigenvalue weighted by atomic mass is 16.6. The summed E-state index contributed by atoms with van der Waals surface area (Å²) in [5.74, 6) is -1.25. The Morgan fingerprint density at radius 3 is 2.17 bits per heavy atom. The monoisotopic (exact) mass is 252 g/mol. The number of carbonyl (C=O) groups excluding carboxylic acids is 1. The lowest BCUT2D eigenvalue weighted by Gasteiger charge is -2.18. The molecule has 5 nitrogen and oxygen atoms in total. The molecule has 1 N–H and O–H groups in total. The molecule has 0 radical (unpaired) electrons. The fourth-order valence-corrected chi connectivity index (χ4v) is 1.10. The summed E-state index contributed by atoms with van der Waals surface area (Å²) in [4.78, 5) is 22.0. The normalized spacial score (nSPS) is 11.1. The predicted molar refractivity (Wildman–Crippen MR) is 64.7 cm³/mol. The minimum atomic E-state index is -1.02. The molecule has 5 heteroatoms. The molecule has 0 saturated carbocycles. The van der Waals surface area contributed by atoms with Crippen molar-refractivity contribution in [2.75, 3.05) is 6.61 Å². The molecule has 98 valence electrons. The summed E-state index contributed by atoms with van der Waals surface area (Å²) in [6.07, 6.45) is 0. The standard InChI is InChI=1S/C13H16O5/c1-13(2,3)17-8-11(14)18-10-6-4-9(5-7-10)12(15)16/h4-7H,8H2,1-3H3,(H,15,16). The van der Waals surface area contributed by atoms with E-state index in [1.807, 2.05) is 20.8 Å². The molecule has 1 aromatic carbocycles.